The molecule has 13 nitrogen and oxygen atoms in total. The highest BCUT2D eigenvalue weighted by Gasteiger charge is 2.20. The summed E-state index contributed by atoms with van der Waals surface area (Å²) in [5, 5.41) is 25.9. The molecule has 0 spiro atoms. The van der Waals surface area contributed by atoms with Crippen molar-refractivity contribution < 1.29 is 48.4 Å². The van der Waals surface area contributed by atoms with Crippen molar-refractivity contribution in [2.75, 3.05) is 53.2 Å². The lowest BCUT2D eigenvalue weighted by Gasteiger charge is -2.14. The summed E-state index contributed by atoms with van der Waals surface area (Å²) < 4.78 is 15.4. The van der Waals surface area contributed by atoms with E-state index < -0.39 is 18.0 Å². The predicted octanol–water partition coefficient (Wildman–Crippen LogP) is 3.57. The number of carboxylic acid groups (broad SMARTS) is 2. The van der Waals surface area contributed by atoms with Crippen molar-refractivity contribution in [2.45, 2.75) is 122 Å². The number of rotatable bonds is 33. The maximum Gasteiger partial charge on any atom is 0.326 e. The molecule has 0 fully saturated rings. The van der Waals surface area contributed by atoms with Gasteiger partial charge >= 0.3 is 11.9 Å². The van der Waals surface area contributed by atoms with Gasteiger partial charge in [0.15, 0.2) is 0 Å². The zero-order valence-electron chi connectivity index (χ0n) is 27.4. The zero-order valence-corrected chi connectivity index (χ0v) is 27.4. The van der Waals surface area contributed by atoms with Crippen LogP contribution in [0.1, 0.15) is 116 Å². The Balaban J connectivity index is 3.67. The van der Waals surface area contributed by atoms with Crippen LogP contribution < -0.4 is 16.0 Å². The van der Waals surface area contributed by atoms with Crippen LogP contribution in [-0.4, -0.2) is 99.1 Å². The average molecular weight is 646 g/mol. The van der Waals surface area contributed by atoms with Gasteiger partial charge in [-0.2, -0.15) is 0 Å². The van der Waals surface area contributed by atoms with E-state index in [0.717, 1.165) is 38.5 Å². The van der Waals surface area contributed by atoms with Gasteiger partial charge in [0.25, 0.3) is 0 Å². The third-order valence-electron chi connectivity index (χ3n) is 7.14. The quantitative estimate of drug-likeness (QED) is 0.0660. The number of carbonyl (C=O) groups excluding carboxylic acids is 3. The van der Waals surface area contributed by atoms with E-state index in [2.05, 4.69) is 16.0 Å². The summed E-state index contributed by atoms with van der Waals surface area (Å²) in [4.78, 5) is 57.8. The van der Waals surface area contributed by atoms with E-state index in [1.807, 2.05) is 0 Å². The molecule has 0 radical (unpaired) electrons. The molecular weight excluding hydrogens is 586 g/mol. The minimum absolute atomic E-state index is 0.000835. The highest BCUT2D eigenvalue weighted by molar-refractivity contribution is 5.84. The highest BCUT2D eigenvalue weighted by atomic mass is 16.5. The van der Waals surface area contributed by atoms with Gasteiger partial charge in [0.05, 0.1) is 26.4 Å². The summed E-state index contributed by atoms with van der Waals surface area (Å²) in [5.74, 6) is -2.75. The second-order valence-corrected chi connectivity index (χ2v) is 11.2. The molecule has 3 amide bonds. The average Bonchev–Trinajstić information content (AvgIpc) is 3.00. The molecule has 0 aromatic heterocycles. The number of hydrogen-bond donors (Lipinski definition) is 5. The molecule has 0 aliphatic rings. The van der Waals surface area contributed by atoms with Crippen molar-refractivity contribution in [3.05, 3.63) is 0 Å². The van der Waals surface area contributed by atoms with Crippen LogP contribution in [0.4, 0.5) is 0 Å². The molecule has 0 aliphatic carbocycles. The Bertz CT molecular complexity index is 797. The van der Waals surface area contributed by atoms with E-state index in [1.54, 1.807) is 7.11 Å². The number of hydrogen-bond acceptors (Lipinski definition) is 8. The standard InChI is InChI=1S/C32H59N3O10/c1-43-22-20-34-30(38)26-45-25-24-44-23-21-33-28(36)19-18-27(32(41)42)35-29(37)16-14-12-10-8-6-4-2-3-5-7-9-11-13-15-17-31(39)40/h27H,2-26H2,1H3,(H,33,36)(H,34,38)(H,35,37)(H,39,40)(H,41,42). The molecule has 0 aromatic carbocycles. The Hall–Kier alpha value is -2.77. The van der Waals surface area contributed by atoms with Crippen LogP contribution in [0.5, 0.6) is 0 Å². The number of ether oxygens (including phenoxy) is 3. The number of carbonyl (C=O) groups is 5. The monoisotopic (exact) mass is 645 g/mol. The fourth-order valence-electron chi connectivity index (χ4n) is 4.56. The predicted molar refractivity (Wildman–Crippen MR) is 170 cm³/mol. The molecule has 0 saturated carbocycles. The molecular formula is C32H59N3O10. The zero-order chi connectivity index (χ0) is 33.4. The fourth-order valence-corrected chi connectivity index (χ4v) is 4.56. The molecule has 1 unspecified atom stereocenters. The number of unbranched alkanes of at least 4 members (excludes halogenated alkanes) is 13. The van der Waals surface area contributed by atoms with Crippen LogP contribution in [0.2, 0.25) is 0 Å². The summed E-state index contributed by atoms with van der Waals surface area (Å²) in [7, 11) is 1.55. The maximum atomic E-state index is 12.2. The van der Waals surface area contributed by atoms with Gasteiger partial charge in [-0.15, -0.1) is 0 Å². The summed E-state index contributed by atoms with van der Waals surface area (Å²) >= 11 is 0. The van der Waals surface area contributed by atoms with Gasteiger partial charge in [0.2, 0.25) is 17.7 Å². The molecule has 0 rings (SSSR count). The topological polar surface area (TPSA) is 190 Å². The van der Waals surface area contributed by atoms with E-state index in [1.165, 1.54) is 44.9 Å². The van der Waals surface area contributed by atoms with Gasteiger partial charge in [-0.25, -0.2) is 4.79 Å². The van der Waals surface area contributed by atoms with E-state index in [9.17, 15) is 29.1 Å². The molecule has 0 heterocycles. The van der Waals surface area contributed by atoms with Gasteiger partial charge in [0.1, 0.15) is 12.6 Å². The number of methoxy groups -OCH3 is 1. The van der Waals surface area contributed by atoms with Gasteiger partial charge in [-0.1, -0.05) is 77.0 Å². The first-order valence-corrected chi connectivity index (χ1v) is 16.7. The molecule has 0 aliphatic heterocycles. The molecule has 13 heteroatoms. The number of carboxylic acids is 2. The molecule has 0 aromatic rings. The molecule has 1 atom stereocenters. The maximum absolute atomic E-state index is 12.2. The summed E-state index contributed by atoms with van der Waals surface area (Å²) in [6.07, 6.45) is 15.7. The number of amides is 3. The molecule has 262 valence electrons. The lowest BCUT2D eigenvalue weighted by molar-refractivity contribution is -0.142. The van der Waals surface area contributed by atoms with Gasteiger partial charge < -0.3 is 40.4 Å². The summed E-state index contributed by atoms with van der Waals surface area (Å²) in [6, 6.07) is -1.11. The van der Waals surface area contributed by atoms with Crippen LogP contribution in [0.25, 0.3) is 0 Å². The Labute approximate surface area is 268 Å². The van der Waals surface area contributed by atoms with Gasteiger partial charge in [-0.05, 0) is 19.3 Å². The smallest absolute Gasteiger partial charge is 0.326 e. The van der Waals surface area contributed by atoms with Crippen molar-refractivity contribution >= 4 is 29.7 Å². The molecule has 0 saturated heterocycles. The van der Waals surface area contributed by atoms with Crippen LogP contribution in [-0.2, 0) is 38.2 Å². The summed E-state index contributed by atoms with van der Waals surface area (Å²) in [5.41, 5.74) is 0. The first kappa shape index (κ1) is 42.2. The first-order valence-electron chi connectivity index (χ1n) is 16.7. The summed E-state index contributed by atoms with van der Waals surface area (Å²) in [6.45, 7) is 1.76. The van der Waals surface area contributed by atoms with Crippen LogP contribution in [0.15, 0.2) is 0 Å². The van der Waals surface area contributed by atoms with Crippen LogP contribution >= 0.6 is 0 Å². The van der Waals surface area contributed by atoms with E-state index >= 15 is 0 Å². The largest absolute Gasteiger partial charge is 0.481 e. The lowest BCUT2D eigenvalue weighted by Crippen LogP contribution is -2.41. The Morgan fingerprint density at radius 3 is 1.58 bits per heavy atom. The van der Waals surface area contributed by atoms with E-state index in [-0.39, 0.29) is 76.4 Å². The highest BCUT2D eigenvalue weighted by Crippen LogP contribution is 2.14. The van der Waals surface area contributed by atoms with Crippen LogP contribution in [0.3, 0.4) is 0 Å². The minimum Gasteiger partial charge on any atom is -0.481 e. The number of nitrogens with one attached hydrogen (secondary N) is 3. The van der Waals surface area contributed by atoms with Crippen molar-refractivity contribution in [1.29, 1.82) is 0 Å². The van der Waals surface area contributed by atoms with Crippen LogP contribution in [0, 0.1) is 0 Å². The Morgan fingerprint density at radius 2 is 1.04 bits per heavy atom. The molecule has 45 heavy (non-hydrogen) atoms. The second kappa shape index (κ2) is 31.2. The first-order chi connectivity index (χ1) is 21.8. The van der Waals surface area contributed by atoms with E-state index in [4.69, 9.17) is 19.3 Å². The third-order valence-corrected chi connectivity index (χ3v) is 7.14. The second-order valence-electron chi connectivity index (χ2n) is 11.2. The van der Waals surface area contributed by atoms with Crippen molar-refractivity contribution in [3.8, 4) is 0 Å². The van der Waals surface area contributed by atoms with Crippen molar-refractivity contribution in [2.24, 2.45) is 0 Å². The SMILES string of the molecule is COCCNC(=O)COCCOCCNC(=O)CCC(NC(=O)CCCCCCCCCCCCCCCCC(=O)O)C(=O)O. The Morgan fingerprint density at radius 1 is 0.556 bits per heavy atom. The molecule has 5 N–H and O–H groups in total. The van der Waals surface area contributed by atoms with Gasteiger partial charge in [0, 0.05) is 39.5 Å². The number of aliphatic carboxylic acids is 2. The minimum atomic E-state index is -1.16. The Kier molecular flexibility index (Phi) is 29.3. The fraction of sp³-hybridized carbons (Fsp3) is 0.844. The lowest BCUT2D eigenvalue weighted by atomic mass is 10.0. The van der Waals surface area contributed by atoms with Gasteiger partial charge in [-0.3, -0.25) is 19.2 Å². The third kappa shape index (κ3) is 31.0. The van der Waals surface area contributed by atoms with Crippen molar-refractivity contribution in [1.82, 2.24) is 16.0 Å². The van der Waals surface area contributed by atoms with E-state index in [0.29, 0.717) is 19.6 Å². The van der Waals surface area contributed by atoms with Crippen molar-refractivity contribution in [3.63, 3.8) is 0 Å². The molecule has 0 bridgehead atoms. The normalized spacial score (nSPS) is 11.6.